The lowest BCUT2D eigenvalue weighted by atomic mass is 10.1. The lowest BCUT2D eigenvalue weighted by molar-refractivity contribution is 0.0941. The van der Waals surface area contributed by atoms with Crippen LogP contribution in [0.1, 0.15) is 28.9 Å². The van der Waals surface area contributed by atoms with E-state index in [1.807, 2.05) is 19.1 Å². The van der Waals surface area contributed by atoms with Gasteiger partial charge in [0, 0.05) is 12.4 Å². The Morgan fingerprint density at radius 3 is 2.94 bits per heavy atom. The van der Waals surface area contributed by atoms with Crippen molar-refractivity contribution in [2.45, 2.75) is 13.0 Å². The number of nitrogens with two attached hydrogens (primary N) is 1. The van der Waals surface area contributed by atoms with Gasteiger partial charge in [-0.25, -0.2) is 0 Å². The SMILES string of the molecule is CC(NC(=O)c1cn[nH]c1N)c1cccnc1. The van der Waals surface area contributed by atoms with E-state index in [1.54, 1.807) is 12.4 Å². The molecular weight excluding hydrogens is 218 g/mol. The molecule has 88 valence electrons. The number of hydrogen-bond donors (Lipinski definition) is 3. The first kappa shape index (κ1) is 11.1. The Morgan fingerprint density at radius 2 is 2.35 bits per heavy atom. The Bertz CT molecular complexity index is 508. The Morgan fingerprint density at radius 1 is 1.53 bits per heavy atom. The van der Waals surface area contributed by atoms with Crippen LogP contribution < -0.4 is 11.1 Å². The average Bonchev–Trinajstić information content (AvgIpc) is 2.76. The molecule has 0 spiro atoms. The second-order valence-electron chi connectivity index (χ2n) is 3.68. The molecule has 17 heavy (non-hydrogen) atoms. The molecular formula is C11H13N5O. The van der Waals surface area contributed by atoms with Crippen LogP contribution in [0, 0.1) is 0 Å². The molecule has 0 bridgehead atoms. The predicted molar refractivity (Wildman–Crippen MR) is 63.1 cm³/mol. The van der Waals surface area contributed by atoms with Crippen LogP contribution in [0.25, 0.3) is 0 Å². The minimum absolute atomic E-state index is 0.134. The van der Waals surface area contributed by atoms with Gasteiger partial charge in [-0.2, -0.15) is 5.10 Å². The summed E-state index contributed by atoms with van der Waals surface area (Å²) in [6, 6.07) is 3.59. The Hall–Kier alpha value is -2.37. The summed E-state index contributed by atoms with van der Waals surface area (Å²) in [7, 11) is 0. The van der Waals surface area contributed by atoms with Crippen LogP contribution in [-0.4, -0.2) is 21.1 Å². The van der Waals surface area contributed by atoms with Gasteiger partial charge in [0.2, 0.25) is 0 Å². The number of carbonyl (C=O) groups is 1. The summed E-state index contributed by atoms with van der Waals surface area (Å²) in [6.45, 7) is 1.88. The predicted octanol–water partition coefficient (Wildman–Crippen LogP) is 0.878. The molecule has 4 N–H and O–H groups in total. The molecule has 0 radical (unpaired) electrons. The minimum Gasteiger partial charge on any atom is -0.383 e. The Kier molecular flexibility index (Phi) is 3.04. The molecule has 0 aliphatic carbocycles. The molecule has 0 saturated heterocycles. The lowest BCUT2D eigenvalue weighted by Crippen LogP contribution is -2.27. The normalized spacial score (nSPS) is 12.1. The van der Waals surface area contributed by atoms with Crippen LogP contribution in [0.2, 0.25) is 0 Å². The molecule has 1 unspecified atom stereocenters. The highest BCUT2D eigenvalue weighted by atomic mass is 16.1. The number of H-pyrrole nitrogens is 1. The van der Waals surface area contributed by atoms with Gasteiger partial charge in [0.25, 0.3) is 5.91 Å². The third kappa shape index (κ3) is 2.41. The van der Waals surface area contributed by atoms with Crippen LogP contribution in [0.4, 0.5) is 5.82 Å². The zero-order chi connectivity index (χ0) is 12.3. The molecule has 0 saturated carbocycles. The molecule has 6 nitrogen and oxygen atoms in total. The van der Waals surface area contributed by atoms with Crippen molar-refractivity contribution in [1.82, 2.24) is 20.5 Å². The van der Waals surface area contributed by atoms with E-state index in [2.05, 4.69) is 20.5 Å². The van der Waals surface area contributed by atoms with Gasteiger partial charge in [-0.1, -0.05) is 6.07 Å². The summed E-state index contributed by atoms with van der Waals surface area (Å²) in [5.74, 6) is 0.00786. The molecule has 1 atom stereocenters. The summed E-state index contributed by atoms with van der Waals surface area (Å²) >= 11 is 0. The number of nitrogens with one attached hydrogen (secondary N) is 2. The number of hydrogen-bond acceptors (Lipinski definition) is 4. The number of nitrogen functional groups attached to an aromatic ring is 1. The first-order valence-corrected chi connectivity index (χ1v) is 5.18. The fraction of sp³-hybridized carbons (Fsp3) is 0.182. The minimum atomic E-state index is -0.257. The standard InChI is InChI=1S/C11H13N5O/c1-7(8-3-2-4-13-5-8)15-11(17)9-6-14-16-10(9)12/h2-7H,1H3,(H,15,17)(H3,12,14,16). The van der Waals surface area contributed by atoms with Crippen LogP contribution in [0.15, 0.2) is 30.7 Å². The van der Waals surface area contributed by atoms with E-state index in [0.717, 1.165) is 5.56 Å². The van der Waals surface area contributed by atoms with Crippen LogP contribution in [0.3, 0.4) is 0 Å². The zero-order valence-corrected chi connectivity index (χ0v) is 9.34. The monoisotopic (exact) mass is 231 g/mol. The molecule has 2 aromatic rings. The van der Waals surface area contributed by atoms with Crippen molar-refractivity contribution in [3.8, 4) is 0 Å². The molecule has 0 aliphatic rings. The number of pyridine rings is 1. The lowest BCUT2D eigenvalue weighted by Gasteiger charge is -2.13. The van der Waals surface area contributed by atoms with Crippen LogP contribution in [-0.2, 0) is 0 Å². The second kappa shape index (κ2) is 4.65. The Balaban J connectivity index is 2.08. The second-order valence-corrected chi connectivity index (χ2v) is 3.68. The van der Waals surface area contributed by atoms with Gasteiger partial charge in [0.05, 0.1) is 12.2 Å². The summed E-state index contributed by atoms with van der Waals surface area (Å²) in [4.78, 5) is 15.8. The maximum Gasteiger partial charge on any atom is 0.257 e. The Labute approximate surface area is 98.3 Å². The van der Waals surface area contributed by atoms with E-state index in [9.17, 15) is 4.79 Å². The largest absolute Gasteiger partial charge is 0.383 e. The summed E-state index contributed by atoms with van der Waals surface area (Å²) < 4.78 is 0. The molecule has 2 aromatic heterocycles. The average molecular weight is 231 g/mol. The van der Waals surface area contributed by atoms with E-state index < -0.39 is 0 Å². The molecule has 0 aromatic carbocycles. The number of anilines is 1. The third-order valence-electron chi connectivity index (χ3n) is 2.45. The zero-order valence-electron chi connectivity index (χ0n) is 9.34. The van der Waals surface area contributed by atoms with Gasteiger partial charge < -0.3 is 11.1 Å². The number of aromatic nitrogens is 3. The number of amides is 1. The molecule has 6 heteroatoms. The highest BCUT2D eigenvalue weighted by molar-refractivity contribution is 5.98. The number of aromatic amines is 1. The van der Waals surface area contributed by atoms with Crippen LogP contribution >= 0.6 is 0 Å². The van der Waals surface area contributed by atoms with Gasteiger partial charge in [-0.15, -0.1) is 0 Å². The molecule has 2 heterocycles. The number of rotatable bonds is 3. The van der Waals surface area contributed by atoms with Crippen molar-refractivity contribution < 1.29 is 4.79 Å². The smallest absolute Gasteiger partial charge is 0.257 e. The van der Waals surface area contributed by atoms with E-state index >= 15 is 0 Å². The van der Waals surface area contributed by atoms with Crippen LogP contribution in [0.5, 0.6) is 0 Å². The first-order chi connectivity index (χ1) is 8.18. The molecule has 2 rings (SSSR count). The van der Waals surface area contributed by atoms with Crippen molar-refractivity contribution in [2.24, 2.45) is 0 Å². The van der Waals surface area contributed by atoms with E-state index in [0.29, 0.717) is 5.56 Å². The van der Waals surface area contributed by atoms with Crippen molar-refractivity contribution in [1.29, 1.82) is 0 Å². The quantitative estimate of drug-likeness (QED) is 0.730. The van der Waals surface area contributed by atoms with Gasteiger partial charge >= 0.3 is 0 Å². The van der Waals surface area contributed by atoms with E-state index in [1.165, 1.54) is 6.20 Å². The van der Waals surface area contributed by atoms with Crippen molar-refractivity contribution in [3.63, 3.8) is 0 Å². The van der Waals surface area contributed by atoms with Crippen molar-refractivity contribution in [2.75, 3.05) is 5.73 Å². The summed E-state index contributed by atoms with van der Waals surface area (Å²) in [6.07, 6.45) is 4.80. The highest BCUT2D eigenvalue weighted by Gasteiger charge is 2.14. The maximum absolute atomic E-state index is 11.8. The van der Waals surface area contributed by atoms with E-state index in [4.69, 9.17) is 5.73 Å². The third-order valence-corrected chi connectivity index (χ3v) is 2.45. The van der Waals surface area contributed by atoms with Gasteiger partial charge in [-0.05, 0) is 18.6 Å². The first-order valence-electron chi connectivity index (χ1n) is 5.18. The van der Waals surface area contributed by atoms with Gasteiger partial charge in [-0.3, -0.25) is 14.9 Å². The maximum atomic E-state index is 11.8. The number of nitrogens with zero attached hydrogens (tertiary/aromatic N) is 2. The number of carbonyl (C=O) groups excluding carboxylic acids is 1. The molecule has 0 aliphatic heterocycles. The van der Waals surface area contributed by atoms with Crippen molar-refractivity contribution in [3.05, 3.63) is 41.9 Å². The van der Waals surface area contributed by atoms with Gasteiger partial charge in [0.1, 0.15) is 11.4 Å². The van der Waals surface area contributed by atoms with Gasteiger partial charge in [0.15, 0.2) is 0 Å². The van der Waals surface area contributed by atoms with Crippen molar-refractivity contribution >= 4 is 11.7 Å². The summed E-state index contributed by atoms with van der Waals surface area (Å²) in [5, 5.41) is 9.04. The van der Waals surface area contributed by atoms with E-state index in [-0.39, 0.29) is 17.8 Å². The fourth-order valence-electron chi connectivity index (χ4n) is 1.47. The molecule has 1 amide bonds. The highest BCUT2D eigenvalue weighted by Crippen LogP contribution is 2.12. The topological polar surface area (TPSA) is 96.7 Å². The molecule has 0 fully saturated rings. The fourth-order valence-corrected chi connectivity index (χ4v) is 1.47. The summed E-state index contributed by atoms with van der Waals surface area (Å²) in [5.41, 5.74) is 6.85.